The van der Waals surface area contributed by atoms with Gasteiger partial charge in [-0.25, -0.2) is 0 Å². The topological polar surface area (TPSA) is 46.3 Å². The van der Waals surface area contributed by atoms with E-state index in [4.69, 9.17) is 5.73 Å². The van der Waals surface area contributed by atoms with Crippen LogP contribution < -0.4 is 5.73 Å². The molecule has 0 radical (unpaired) electrons. The third kappa shape index (κ3) is 4.67. The van der Waals surface area contributed by atoms with Gasteiger partial charge in [0.15, 0.2) is 0 Å². The van der Waals surface area contributed by atoms with Crippen LogP contribution in [0.25, 0.3) is 0 Å². The highest BCUT2D eigenvalue weighted by Gasteiger charge is 2.19. The van der Waals surface area contributed by atoms with Gasteiger partial charge in [0, 0.05) is 13.6 Å². The molecule has 0 aliphatic rings. The summed E-state index contributed by atoms with van der Waals surface area (Å²) in [6.07, 6.45) is 0.732. The lowest BCUT2D eigenvalue weighted by Crippen LogP contribution is -2.42. The number of rotatable bonds is 5. The van der Waals surface area contributed by atoms with Crippen molar-refractivity contribution in [2.24, 2.45) is 11.7 Å². The van der Waals surface area contributed by atoms with Crippen LogP contribution in [-0.2, 0) is 11.3 Å². The van der Waals surface area contributed by atoms with Crippen molar-refractivity contribution in [3.05, 3.63) is 34.9 Å². The molecule has 106 valence electrons. The SMILES string of the molecule is Cc1ccc(CN(C)C(=O)[C@@H](N)CC(C)C)c(C)c1. The van der Waals surface area contributed by atoms with Crippen LogP contribution in [0, 0.1) is 19.8 Å². The van der Waals surface area contributed by atoms with Gasteiger partial charge in [-0.05, 0) is 37.3 Å². The number of aryl methyl sites for hydroxylation is 2. The van der Waals surface area contributed by atoms with Crippen LogP contribution in [0.3, 0.4) is 0 Å². The summed E-state index contributed by atoms with van der Waals surface area (Å²) >= 11 is 0. The highest BCUT2D eigenvalue weighted by molar-refractivity contribution is 5.81. The van der Waals surface area contributed by atoms with E-state index >= 15 is 0 Å². The molecule has 0 aliphatic heterocycles. The van der Waals surface area contributed by atoms with Crippen molar-refractivity contribution in [1.29, 1.82) is 0 Å². The van der Waals surface area contributed by atoms with Gasteiger partial charge in [0.05, 0.1) is 6.04 Å². The van der Waals surface area contributed by atoms with Gasteiger partial charge in [0.2, 0.25) is 5.91 Å². The smallest absolute Gasteiger partial charge is 0.239 e. The molecule has 0 saturated carbocycles. The van der Waals surface area contributed by atoms with Crippen LogP contribution in [0.1, 0.15) is 37.0 Å². The van der Waals surface area contributed by atoms with Gasteiger partial charge in [-0.2, -0.15) is 0 Å². The summed E-state index contributed by atoms with van der Waals surface area (Å²) in [5, 5.41) is 0. The second-order valence-corrected chi connectivity index (χ2v) is 5.86. The standard InChI is InChI=1S/C16H26N2O/c1-11(2)8-15(17)16(19)18(5)10-14-7-6-12(3)9-13(14)4/h6-7,9,11,15H,8,10,17H2,1-5H3/t15-/m0/s1. The molecule has 1 aromatic carbocycles. The minimum Gasteiger partial charge on any atom is -0.340 e. The summed E-state index contributed by atoms with van der Waals surface area (Å²) in [5.41, 5.74) is 9.58. The van der Waals surface area contributed by atoms with E-state index in [2.05, 4.69) is 45.9 Å². The average Bonchev–Trinajstić information content (AvgIpc) is 2.30. The predicted octanol–water partition coefficient (Wildman–Crippen LogP) is 2.64. The summed E-state index contributed by atoms with van der Waals surface area (Å²) in [5.74, 6) is 0.460. The molecule has 0 heterocycles. The van der Waals surface area contributed by atoms with E-state index in [1.165, 1.54) is 16.7 Å². The quantitative estimate of drug-likeness (QED) is 0.886. The van der Waals surface area contributed by atoms with Crippen molar-refractivity contribution in [2.75, 3.05) is 7.05 Å². The molecule has 1 rings (SSSR count). The van der Waals surface area contributed by atoms with Crippen LogP contribution in [0.4, 0.5) is 0 Å². The first-order valence-corrected chi connectivity index (χ1v) is 6.88. The molecule has 0 unspecified atom stereocenters. The van der Waals surface area contributed by atoms with E-state index in [0.29, 0.717) is 12.5 Å². The molecule has 1 atom stereocenters. The first-order chi connectivity index (χ1) is 8.81. The maximum Gasteiger partial charge on any atom is 0.239 e. The van der Waals surface area contributed by atoms with Crippen molar-refractivity contribution in [3.63, 3.8) is 0 Å². The van der Waals surface area contributed by atoms with Crippen molar-refractivity contribution in [1.82, 2.24) is 4.90 Å². The number of hydrogen-bond acceptors (Lipinski definition) is 2. The van der Waals surface area contributed by atoms with Crippen LogP contribution in [0.15, 0.2) is 18.2 Å². The van der Waals surface area contributed by atoms with Crippen molar-refractivity contribution in [3.8, 4) is 0 Å². The number of carbonyl (C=O) groups is 1. The highest BCUT2D eigenvalue weighted by Crippen LogP contribution is 2.13. The van der Waals surface area contributed by atoms with Gasteiger partial charge in [-0.1, -0.05) is 37.6 Å². The third-order valence-electron chi connectivity index (χ3n) is 3.32. The van der Waals surface area contributed by atoms with E-state index in [1.807, 2.05) is 7.05 Å². The first kappa shape index (κ1) is 15.7. The fourth-order valence-corrected chi connectivity index (χ4v) is 2.25. The second kappa shape index (κ2) is 6.71. The molecular weight excluding hydrogens is 236 g/mol. The number of carbonyl (C=O) groups excluding carboxylic acids is 1. The minimum absolute atomic E-state index is 0.0219. The van der Waals surface area contributed by atoms with Gasteiger partial charge in [-0.15, -0.1) is 0 Å². The number of likely N-dealkylation sites (N-methyl/N-ethyl adjacent to an activating group) is 1. The zero-order valence-corrected chi connectivity index (χ0v) is 12.7. The Kier molecular flexibility index (Phi) is 5.55. The average molecular weight is 262 g/mol. The number of amides is 1. The largest absolute Gasteiger partial charge is 0.340 e. The van der Waals surface area contributed by atoms with Crippen LogP contribution in [0.5, 0.6) is 0 Å². The van der Waals surface area contributed by atoms with Crippen molar-refractivity contribution in [2.45, 2.75) is 46.7 Å². The van der Waals surface area contributed by atoms with Gasteiger partial charge in [0.1, 0.15) is 0 Å². The Labute approximate surface area is 116 Å². The number of nitrogens with zero attached hydrogens (tertiary/aromatic N) is 1. The third-order valence-corrected chi connectivity index (χ3v) is 3.32. The van der Waals surface area contributed by atoms with Gasteiger partial charge >= 0.3 is 0 Å². The lowest BCUT2D eigenvalue weighted by Gasteiger charge is -2.23. The lowest BCUT2D eigenvalue weighted by molar-refractivity contribution is -0.132. The zero-order chi connectivity index (χ0) is 14.6. The summed E-state index contributed by atoms with van der Waals surface area (Å²) in [6.45, 7) is 8.93. The normalized spacial score (nSPS) is 12.6. The summed E-state index contributed by atoms with van der Waals surface area (Å²) in [6, 6.07) is 5.91. The molecule has 3 nitrogen and oxygen atoms in total. The van der Waals surface area contributed by atoms with Gasteiger partial charge in [-0.3, -0.25) is 4.79 Å². The lowest BCUT2D eigenvalue weighted by atomic mass is 10.0. The summed E-state index contributed by atoms with van der Waals surface area (Å²) in [7, 11) is 1.82. The van der Waals surface area contributed by atoms with Crippen LogP contribution >= 0.6 is 0 Å². The Morgan fingerprint density at radius 3 is 2.47 bits per heavy atom. The van der Waals surface area contributed by atoms with E-state index < -0.39 is 6.04 Å². The van der Waals surface area contributed by atoms with Crippen LogP contribution in [-0.4, -0.2) is 23.9 Å². The Morgan fingerprint density at radius 2 is 1.95 bits per heavy atom. The Balaban J connectivity index is 2.68. The molecule has 1 amide bonds. The minimum atomic E-state index is -0.393. The van der Waals surface area contributed by atoms with Gasteiger partial charge in [0.25, 0.3) is 0 Å². The number of benzene rings is 1. The van der Waals surface area contributed by atoms with E-state index in [9.17, 15) is 4.79 Å². The second-order valence-electron chi connectivity index (χ2n) is 5.86. The highest BCUT2D eigenvalue weighted by atomic mass is 16.2. The number of nitrogens with two attached hydrogens (primary N) is 1. The van der Waals surface area contributed by atoms with Crippen molar-refractivity contribution >= 4 is 5.91 Å². The molecule has 1 aromatic rings. The predicted molar refractivity (Wildman–Crippen MR) is 79.8 cm³/mol. The summed E-state index contributed by atoms with van der Waals surface area (Å²) in [4.78, 5) is 13.9. The maximum atomic E-state index is 12.2. The monoisotopic (exact) mass is 262 g/mol. The molecule has 0 fully saturated rings. The van der Waals surface area contributed by atoms with Crippen molar-refractivity contribution < 1.29 is 4.79 Å². The molecular formula is C16H26N2O. The molecule has 0 spiro atoms. The van der Waals surface area contributed by atoms with E-state index in [-0.39, 0.29) is 5.91 Å². The van der Waals surface area contributed by atoms with E-state index in [0.717, 1.165) is 6.42 Å². The molecule has 19 heavy (non-hydrogen) atoms. The van der Waals surface area contributed by atoms with Gasteiger partial charge < -0.3 is 10.6 Å². The van der Waals surface area contributed by atoms with E-state index in [1.54, 1.807) is 4.90 Å². The fraction of sp³-hybridized carbons (Fsp3) is 0.562. The zero-order valence-electron chi connectivity index (χ0n) is 12.7. The fourth-order valence-electron chi connectivity index (χ4n) is 2.25. The van der Waals surface area contributed by atoms with Crippen LogP contribution in [0.2, 0.25) is 0 Å². The molecule has 0 aromatic heterocycles. The molecule has 2 N–H and O–H groups in total. The first-order valence-electron chi connectivity index (χ1n) is 6.88. The Hall–Kier alpha value is -1.35. The Bertz CT molecular complexity index is 440. The molecule has 3 heteroatoms. The molecule has 0 aliphatic carbocycles. The number of hydrogen-bond donors (Lipinski definition) is 1. The maximum absolute atomic E-state index is 12.2. The Morgan fingerprint density at radius 1 is 1.32 bits per heavy atom. The molecule has 0 saturated heterocycles. The summed E-state index contributed by atoms with van der Waals surface area (Å²) < 4.78 is 0. The molecule has 0 bridgehead atoms.